The lowest BCUT2D eigenvalue weighted by Crippen LogP contribution is -1.90. The molecular formula is C11H10N2OS. The van der Waals surface area contributed by atoms with Gasteiger partial charge in [-0.2, -0.15) is 0 Å². The molecule has 0 fully saturated rings. The molecule has 0 atom stereocenters. The quantitative estimate of drug-likeness (QED) is 0.793. The molecule has 3 nitrogen and oxygen atoms in total. The van der Waals surface area contributed by atoms with Crippen LogP contribution in [0, 0.1) is 0 Å². The van der Waals surface area contributed by atoms with Crippen molar-refractivity contribution in [3.63, 3.8) is 0 Å². The molecule has 0 unspecified atom stereocenters. The first-order valence-corrected chi connectivity index (χ1v) is 5.31. The molecule has 2 aromatic rings. The molecule has 76 valence electrons. The van der Waals surface area contributed by atoms with Crippen LogP contribution in [0.3, 0.4) is 0 Å². The van der Waals surface area contributed by atoms with Crippen molar-refractivity contribution in [1.82, 2.24) is 10.2 Å². The van der Waals surface area contributed by atoms with Gasteiger partial charge in [0.2, 0.25) is 5.88 Å². The van der Waals surface area contributed by atoms with Crippen LogP contribution in [0.2, 0.25) is 0 Å². The van der Waals surface area contributed by atoms with E-state index < -0.39 is 0 Å². The Morgan fingerprint density at radius 2 is 1.80 bits per heavy atom. The van der Waals surface area contributed by atoms with Crippen LogP contribution < -0.4 is 4.74 Å². The van der Waals surface area contributed by atoms with Crippen molar-refractivity contribution in [3.05, 3.63) is 42.5 Å². The first-order chi connectivity index (χ1) is 7.38. The van der Waals surface area contributed by atoms with Crippen LogP contribution in [0.4, 0.5) is 0 Å². The number of ether oxygens (including phenoxy) is 1. The van der Waals surface area contributed by atoms with Crippen molar-refractivity contribution in [2.45, 2.75) is 9.92 Å². The van der Waals surface area contributed by atoms with E-state index in [1.165, 1.54) is 0 Å². The topological polar surface area (TPSA) is 35.0 Å². The Kier molecular flexibility index (Phi) is 3.19. The molecule has 1 heterocycles. The van der Waals surface area contributed by atoms with Gasteiger partial charge in [-0.05, 0) is 18.2 Å². The average molecular weight is 218 g/mol. The van der Waals surface area contributed by atoms with Gasteiger partial charge in [0.1, 0.15) is 5.03 Å². The maximum absolute atomic E-state index is 4.94. The zero-order chi connectivity index (χ0) is 10.5. The number of benzene rings is 1. The van der Waals surface area contributed by atoms with Gasteiger partial charge in [-0.15, -0.1) is 10.2 Å². The van der Waals surface area contributed by atoms with Gasteiger partial charge in [0.05, 0.1) is 7.11 Å². The van der Waals surface area contributed by atoms with E-state index in [4.69, 9.17) is 4.74 Å². The summed E-state index contributed by atoms with van der Waals surface area (Å²) >= 11 is 1.58. The summed E-state index contributed by atoms with van der Waals surface area (Å²) in [4.78, 5) is 1.15. The molecule has 0 spiro atoms. The van der Waals surface area contributed by atoms with Gasteiger partial charge in [-0.3, -0.25) is 0 Å². The highest BCUT2D eigenvalue weighted by Gasteiger charge is 1.99. The fraction of sp³-hybridized carbons (Fsp3) is 0.0909. The molecule has 2 rings (SSSR count). The number of aromatic nitrogens is 2. The highest BCUT2D eigenvalue weighted by Crippen LogP contribution is 2.25. The summed E-state index contributed by atoms with van der Waals surface area (Å²) in [5, 5.41) is 8.80. The van der Waals surface area contributed by atoms with Crippen molar-refractivity contribution in [3.8, 4) is 5.88 Å². The second-order valence-electron chi connectivity index (χ2n) is 2.83. The van der Waals surface area contributed by atoms with Crippen molar-refractivity contribution >= 4 is 11.8 Å². The lowest BCUT2D eigenvalue weighted by atomic mass is 10.4. The summed E-state index contributed by atoms with van der Waals surface area (Å²) in [5.41, 5.74) is 0. The van der Waals surface area contributed by atoms with Crippen molar-refractivity contribution in [2.24, 2.45) is 0 Å². The van der Waals surface area contributed by atoms with Crippen LogP contribution >= 0.6 is 11.8 Å². The summed E-state index contributed by atoms with van der Waals surface area (Å²) in [5.74, 6) is 0.535. The van der Waals surface area contributed by atoms with Crippen molar-refractivity contribution < 1.29 is 4.74 Å². The highest BCUT2D eigenvalue weighted by atomic mass is 32.2. The van der Waals surface area contributed by atoms with E-state index >= 15 is 0 Å². The maximum Gasteiger partial charge on any atom is 0.233 e. The van der Waals surface area contributed by atoms with Gasteiger partial charge >= 0.3 is 0 Å². The molecule has 0 saturated heterocycles. The van der Waals surface area contributed by atoms with Crippen LogP contribution in [0.5, 0.6) is 5.88 Å². The molecule has 15 heavy (non-hydrogen) atoms. The predicted octanol–water partition coefficient (Wildman–Crippen LogP) is 2.64. The van der Waals surface area contributed by atoms with Crippen molar-refractivity contribution in [1.29, 1.82) is 0 Å². The molecule has 0 amide bonds. The first-order valence-electron chi connectivity index (χ1n) is 4.49. The smallest absolute Gasteiger partial charge is 0.233 e. The van der Waals surface area contributed by atoms with Gasteiger partial charge in [0, 0.05) is 11.0 Å². The van der Waals surface area contributed by atoms with Gasteiger partial charge in [-0.1, -0.05) is 30.0 Å². The van der Waals surface area contributed by atoms with E-state index in [2.05, 4.69) is 10.2 Å². The summed E-state index contributed by atoms with van der Waals surface area (Å²) in [6.45, 7) is 0. The van der Waals surface area contributed by atoms with Crippen LogP contribution in [-0.2, 0) is 0 Å². The Labute approximate surface area is 92.5 Å². The SMILES string of the molecule is COc1ccc(Sc2ccccc2)nn1. The molecule has 1 aromatic heterocycles. The molecule has 0 N–H and O–H groups in total. The van der Waals surface area contributed by atoms with E-state index in [-0.39, 0.29) is 0 Å². The van der Waals surface area contributed by atoms with Gasteiger partial charge in [0.25, 0.3) is 0 Å². The van der Waals surface area contributed by atoms with E-state index in [9.17, 15) is 0 Å². The summed E-state index contributed by atoms with van der Waals surface area (Å²) < 4.78 is 4.94. The Hall–Kier alpha value is -1.55. The minimum atomic E-state index is 0.535. The normalized spacial score (nSPS) is 9.93. The Morgan fingerprint density at radius 1 is 1.00 bits per heavy atom. The van der Waals surface area contributed by atoms with Gasteiger partial charge in [-0.25, -0.2) is 0 Å². The number of hydrogen-bond acceptors (Lipinski definition) is 4. The summed E-state index contributed by atoms with van der Waals surface area (Å²) in [7, 11) is 1.58. The Balaban J connectivity index is 2.11. The number of nitrogens with zero attached hydrogens (tertiary/aromatic N) is 2. The lowest BCUT2D eigenvalue weighted by Gasteiger charge is -2.00. The standard InChI is InChI=1S/C11H10N2OS/c1-14-10-7-8-11(13-12-10)15-9-5-3-2-4-6-9/h2-8H,1H3. The third-order valence-electron chi connectivity index (χ3n) is 1.79. The minimum absolute atomic E-state index is 0.535. The lowest BCUT2D eigenvalue weighted by molar-refractivity contribution is 0.390. The maximum atomic E-state index is 4.94. The fourth-order valence-corrected chi connectivity index (χ4v) is 1.83. The third kappa shape index (κ3) is 2.70. The molecule has 0 radical (unpaired) electrons. The Bertz CT molecular complexity index is 416. The summed E-state index contributed by atoms with van der Waals surface area (Å²) in [6, 6.07) is 13.8. The van der Waals surface area contributed by atoms with Gasteiger partial charge < -0.3 is 4.74 Å². The van der Waals surface area contributed by atoms with Crippen molar-refractivity contribution in [2.75, 3.05) is 7.11 Å². The predicted molar refractivity (Wildman–Crippen MR) is 59.1 cm³/mol. The average Bonchev–Trinajstić information content (AvgIpc) is 2.31. The minimum Gasteiger partial charge on any atom is -0.480 e. The van der Waals surface area contributed by atoms with Crippen LogP contribution in [0.15, 0.2) is 52.4 Å². The first kappa shape index (κ1) is 9.98. The number of rotatable bonds is 3. The van der Waals surface area contributed by atoms with E-state index in [0.717, 1.165) is 9.92 Å². The second kappa shape index (κ2) is 4.79. The molecule has 0 saturated carbocycles. The second-order valence-corrected chi connectivity index (χ2v) is 3.92. The largest absolute Gasteiger partial charge is 0.480 e. The highest BCUT2D eigenvalue weighted by molar-refractivity contribution is 7.99. The van der Waals surface area contributed by atoms with Crippen LogP contribution in [-0.4, -0.2) is 17.3 Å². The monoisotopic (exact) mass is 218 g/mol. The van der Waals surface area contributed by atoms with E-state index in [1.807, 2.05) is 36.4 Å². The molecule has 1 aromatic carbocycles. The Morgan fingerprint density at radius 3 is 2.40 bits per heavy atom. The van der Waals surface area contributed by atoms with E-state index in [1.54, 1.807) is 24.9 Å². The molecule has 0 aliphatic carbocycles. The molecule has 4 heteroatoms. The third-order valence-corrected chi connectivity index (χ3v) is 2.73. The summed E-state index contributed by atoms with van der Waals surface area (Å²) in [6.07, 6.45) is 0. The zero-order valence-corrected chi connectivity index (χ0v) is 9.07. The van der Waals surface area contributed by atoms with Gasteiger partial charge in [0.15, 0.2) is 0 Å². The molecule has 0 bridgehead atoms. The fourth-order valence-electron chi connectivity index (χ4n) is 1.08. The molecular weight excluding hydrogens is 208 g/mol. The zero-order valence-electron chi connectivity index (χ0n) is 8.25. The molecule has 0 aliphatic rings. The number of methoxy groups -OCH3 is 1. The number of hydrogen-bond donors (Lipinski definition) is 0. The van der Waals surface area contributed by atoms with E-state index in [0.29, 0.717) is 5.88 Å². The molecule has 0 aliphatic heterocycles. The van der Waals surface area contributed by atoms with Crippen LogP contribution in [0.1, 0.15) is 0 Å². The van der Waals surface area contributed by atoms with Crippen LogP contribution in [0.25, 0.3) is 0 Å².